The molecule has 0 saturated heterocycles. The Labute approximate surface area is 190 Å². The van der Waals surface area contributed by atoms with E-state index in [0.717, 1.165) is 41.2 Å². The third kappa shape index (κ3) is 4.04. The lowest BCUT2D eigenvalue weighted by atomic mass is 9.73. The molecule has 1 aliphatic carbocycles. The lowest BCUT2D eigenvalue weighted by Gasteiger charge is -2.37. The highest BCUT2D eigenvalue weighted by Crippen LogP contribution is 2.49. The molecule has 1 heterocycles. The maximum absolute atomic E-state index is 13.6. The quantitative estimate of drug-likeness (QED) is 0.627. The average molecular weight is 433 g/mol. The third-order valence-electron chi connectivity index (χ3n) is 6.15. The van der Waals surface area contributed by atoms with Crippen molar-refractivity contribution in [1.29, 1.82) is 0 Å². The molecule has 5 heteroatoms. The monoisotopic (exact) mass is 432 g/mol. The van der Waals surface area contributed by atoms with Crippen LogP contribution in [0.5, 0.6) is 5.75 Å². The fraction of sp³-hybridized carbons (Fsp3) is 0.407. The zero-order valence-corrected chi connectivity index (χ0v) is 19.4. The minimum Gasteiger partial charge on any atom is -0.493 e. The number of carbonyl (C=O) groups excluding carboxylic acids is 2. The van der Waals surface area contributed by atoms with Gasteiger partial charge < -0.3 is 10.1 Å². The molecule has 0 saturated carbocycles. The number of amides is 1. The minimum absolute atomic E-state index is 0.0269. The van der Waals surface area contributed by atoms with Crippen molar-refractivity contribution in [3.8, 4) is 5.75 Å². The summed E-state index contributed by atoms with van der Waals surface area (Å²) in [5, 5.41) is 3.54. The smallest absolute Gasteiger partial charge is 0.227 e. The van der Waals surface area contributed by atoms with E-state index in [0.29, 0.717) is 25.0 Å². The molecule has 4 rings (SSSR count). The number of para-hydroxylation sites is 3. The summed E-state index contributed by atoms with van der Waals surface area (Å²) in [6, 6.07) is 15.1. The Balaban J connectivity index is 2.00. The Hall–Kier alpha value is -3.08. The molecule has 5 nitrogen and oxygen atoms in total. The van der Waals surface area contributed by atoms with Crippen molar-refractivity contribution >= 4 is 23.1 Å². The molecule has 0 spiro atoms. The van der Waals surface area contributed by atoms with E-state index in [4.69, 9.17) is 4.74 Å². The van der Waals surface area contributed by atoms with Gasteiger partial charge in [0.2, 0.25) is 5.91 Å². The third-order valence-corrected chi connectivity index (χ3v) is 6.15. The molecule has 1 N–H and O–H groups in total. The second-order valence-electron chi connectivity index (χ2n) is 9.38. The molecule has 1 amide bonds. The lowest BCUT2D eigenvalue weighted by Crippen LogP contribution is -2.39. The van der Waals surface area contributed by atoms with Crippen LogP contribution in [0.4, 0.5) is 11.4 Å². The van der Waals surface area contributed by atoms with Crippen LogP contribution in [-0.2, 0) is 9.59 Å². The number of nitrogens with one attached hydrogen (secondary N) is 1. The highest BCUT2D eigenvalue weighted by Gasteiger charge is 2.43. The molecular weight excluding hydrogens is 400 g/mol. The fourth-order valence-electron chi connectivity index (χ4n) is 4.78. The molecule has 2 aliphatic rings. The molecule has 2 aromatic rings. The molecule has 32 heavy (non-hydrogen) atoms. The average Bonchev–Trinajstić information content (AvgIpc) is 2.90. The zero-order chi connectivity index (χ0) is 22.9. The van der Waals surface area contributed by atoms with Crippen molar-refractivity contribution in [3.63, 3.8) is 0 Å². The Morgan fingerprint density at radius 2 is 1.81 bits per heavy atom. The molecular formula is C27H32N2O3. The highest BCUT2D eigenvalue weighted by molar-refractivity contribution is 6.06. The number of hydrogen-bond donors (Lipinski definition) is 1. The number of rotatable bonds is 5. The van der Waals surface area contributed by atoms with Gasteiger partial charge in [0.05, 0.1) is 24.0 Å². The summed E-state index contributed by atoms with van der Waals surface area (Å²) in [6.07, 6.45) is 2.41. The van der Waals surface area contributed by atoms with Crippen molar-refractivity contribution in [2.75, 3.05) is 16.8 Å². The zero-order valence-electron chi connectivity index (χ0n) is 19.4. The van der Waals surface area contributed by atoms with Crippen LogP contribution in [0.2, 0.25) is 0 Å². The van der Waals surface area contributed by atoms with E-state index in [1.165, 1.54) is 0 Å². The standard InChI is InChI=1S/C27H32N2O3/c1-5-15-32-23-14-10-7-11-18(23)26-25-20(16-27(3,4)17-22(25)30)28-19-12-8-9-13-21(19)29(26)24(31)6-2/h7-14,26,28H,5-6,15-17H2,1-4H3/t26-/m0/s1. The van der Waals surface area contributed by atoms with E-state index in [-0.39, 0.29) is 17.1 Å². The maximum atomic E-state index is 13.6. The number of allylic oxidation sites excluding steroid dienone is 1. The van der Waals surface area contributed by atoms with Gasteiger partial charge in [0, 0.05) is 29.7 Å². The van der Waals surface area contributed by atoms with Gasteiger partial charge in [-0.2, -0.15) is 0 Å². The SMILES string of the molecule is CCCOc1ccccc1[C@H]1C2=C(CC(C)(C)CC2=O)Nc2ccccc2N1C(=O)CC. The molecule has 168 valence electrons. The number of benzene rings is 2. The number of Topliss-reactive ketones (excluding diaryl/α,β-unsaturated/α-hetero) is 1. The Kier molecular flexibility index (Phi) is 6.09. The van der Waals surface area contributed by atoms with Crippen LogP contribution >= 0.6 is 0 Å². The predicted octanol–water partition coefficient (Wildman–Crippen LogP) is 6.03. The second-order valence-corrected chi connectivity index (χ2v) is 9.38. The van der Waals surface area contributed by atoms with E-state index in [1.54, 1.807) is 4.90 Å². The molecule has 1 atom stereocenters. The fourth-order valence-corrected chi connectivity index (χ4v) is 4.78. The van der Waals surface area contributed by atoms with E-state index in [2.05, 4.69) is 26.1 Å². The van der Waals surface area contributed by atoms with Crippen molar-refractivity contribution in [1.82, 2.24) is 0 Å². The van der Waals surface area contributed by atoms with Gasteiger partial charge in [0.25, 0.3) is 0 Å². The molecule has 2 aromatic carbocycles. The number of anilines is 2. The predicted molar refractivity (Wildman–Crippen MR) is 128 cm³/mol. The highest BCUT2D eigenvalue weighted by atomic mass is 16.5. The normalized spacial score (nSPS) is 19.6. The Bertz CT molecular complexity index is 1070. The van der Waals surface area contributed by atoms with E-state index < -0.39 is 6.04 Å². The van der Waals surface area contributed by atoms with Gasteiger partial charge >= 0.3 is 0 Å². The molecule has 0 radical (unpaired) electrons. The first-order valence-electron chi connectivity index (χ1n) is 11.5. The molecule has 0 aromatic heterocycles. The summed E-state index contributed by atoms with van der Waals surface area (Å²) < 4.78 is 6.09. The van der Waals surface area contributed by atoms with Gasteiger partial charge in [0.1, 0.15) is 5.75 Å². The largest absolute Gasteiger partial charge is 0.493 e. The van der Waals surface area contributed by atoms with Crippen LogP contribution < -0.4 is 15.0 Å². The van der Waals surface area contributed by atoms with Crippen LogP contribution in [0.15, 0.2) is 59.8 Å². The van der Waals surface area contributed by atoms with E-state index in [9.17, 15) is 9.59 Å². The first-order valence-corrected chi connectivity index (χ1v) is 11.5. The van der Waals surface area contributed by atoms with Crippen LogP contribution in [0.25, 0.3) is 0 Å². The second kappa shape index (κ2) is 8.81. The Morgan fingerprint density at radius 3 is 2.56 bits per heavy atom. The lowest BCUT2D eigenvalue weighted by molar-refractivity contribution is -0.119. The summed E-state index contributed by atoms with van der Waals surface area (Å²) in [6.45, 7) is 8.74. The Morgan fingerprint density at radius 1 is 1.09 bits per heavy atom. The summed E-state index contributed by atoms with van der Waals surface area (Å²) in [4.78, 5) is 28.9. The first kappa shape index (κ1) is 22.1. The van der Waals surface area contributed by atoms with Crippen LogP contribution in [-0.4, -0.2) is 18.3 Å². The number of ketones is 1. The first-order chi connectivity index (χ1) is 15.4. The van der Waals surface area contributed by atoms with Gasteiger partial charge in [0.15, 0.2) is 5.78 Å². The van der Waals surface area contributed by atoms with Gasteiger partial charge in [-0.15, -0.1) is 0 Å². The summed E-state index contributed by atoms with van der Waals surface area (Å²) >= 11 is 0. The molecule has 0 unspecified atom stereocenters. The summed E-state index contributed by atoms with van der Waals surface area (Å²) in [5.41, 5.74) is 3.92. The van der Waals surface area contributed by atoms with Crippen molar-refractivity contribution < 1.29 is 14.3 Å². The van der Waals surface area contributed by atoms with Gasteiger partial charge in [-0.05, 0) is 36.5 Å². The minimum atomic E-state index is -0.537. The van der Waals surface area contributed by atoms with Crippen LogP contribution in [0, 0.1) is 5.41 Å². The number of ether oxygens (including phenoxy) is 1. The topological polar surface area (TPSA) is 58.6 Å². The number of hydrogen-bond acceptors (Lipinski definition) is 4. The molecule has 1 aliphatic heterocycles. The van der Waals surface area contributed by atoms with E-state index in [1.807, 2.05) is 55.5 Å². The molecule has 0 fully saturated rings. The van der Waals surface area contributed by atoms with Crippen LogP contribution in [0.1, 0.15) is 65.0 Å². The van der Waals surface area contributed by atoms with E-state index >= 15 is 0 Å². The number of fused-ring (bicyclic) bond motifs is 1. The van der Waals surface area contributed by atoms with Gasteiger partial charge in [-0.3, -0.25) is 14.5 Å². The summed E-state index contributed by atoms with van der Waals surface area (Å²) in [7, 11) is 0. The van der Waals surface area contributed by atoms with Gasteiger partial charge in [-0.1, -0.05) is 58.0 Å². The molecule has 0 bridgehead atoms. The number of nitrogens with zero attached hydrogens (tertiary/aromatic N) is 1. The van der Waals surface area contributed by atoms with Crippen molar-refractivity contribution in [2.24, 2.45) is 5.41 Å². The maximum Gasteiger partial charge on any atom is 0.227 e. The van der Waals surface area contributed by atoms with Crippen molar-refractivity contribution in [2.45, 2.75) is 59.4 Å². The van der Waals surface area contributed by atoms with Crippen LogP contribution in [0.3, 0.4) is 0 Å². The summed E-state index contributed by atoms with van der Waals surface area (Å²) in [5.74, 6) is 0.777. The van der Waals surface area contributed by atoms with Crippen molar-refractivity contribution in [3.05, 3.63) is 65.4 Å². The van der Waals surface area contributed by atoms with Gasteiger partial charge in [-0.25, -0.2) is 0 Å². The number of carbonyl (C=O) groups is 2.